The third kappa shape index (κ3) is 7.55. The van der Waals surface area contributed by atoms with Gasteiger partial charge in [-0.25, -0.2) is 0 Å². The summed E-state index contributed by atoms with van der Waals surface area (Å²) in [5, 5.41) is 12.0. The Labute approximate surface area is 229 Å². The molecule has 1 N–H and O–H groups in total. The number of likely N-dealkylation sites (tertiary alicyclic amines) is 1. The standard InChI is InChI=1S/C32H33N3O4/c1-23(34-31(37)28-14-12-25(21-33)13-15-28)30(27-10-6-3-7-11-27)32(38)35-18-16-24(17-19-35)20-29(36)39-22-26-8-4-2-5-9-26/h2-15,23-24,30H,16-20,22H2,1H3,(H,34,37)/t23-,30?/m1/s1. The fraction of sp³-hybridized carbons (Fsp3) is 0.312. The number of benzene rings is 3. The molecule has 2 amide bonds. The second-order valence-electron chi connectivity index (χ2n) is 9.96. The summed E-state index contributed by atoms with van der Waals surface area (Å²) >= 11 is 0. The maximum atomic E-state index is 13.8. The molecule has 2 atom stereocenters. The van der Waals surface area contributed by atoms with Crippen molar-refractivity contribution in [3.8, 4) is 6.07 Å². The number of carbonyl (C=O) groups excluding carboxylic acids is 3. The topological polar surface area (TPSA) is 99.5 Å². The van der Waals surface area contributed by atoms with Crippen molar-refractivity contribution < 1.29 is 19.1 Å². The molecule has 1 saturated heterocycles. The van der Waals surface area contributed by atoms with E-state index in [9.17, 15) is 14.4 Å². The molecule has 0 aromatic heterocycles. The van der Waals surface area contributed by atoms with Gasteiger partial charge in [-0.2, -0.15) is 5.26 Å². The third-order valence-electron chi connectivity index (χ3n) is 7.18. The van der Waals surface area contributed by atoms with Gasteiger partial charge in [0.15, 0.2) is 0 Å². The van der Waals surface area contributed by atoms with Gasteiger partial charge in [0.25, 0.3) is 5.91 Å². The van der Waals surface area contributed by atoms with Crippen LogP contribution >= 0.6 is 0 Å². The number of hydrogen-bond acceptors (Lipinski definition) is 5. The Morgan fingerprint density at radius 1 is 0.949 bits per heavy atom. The number of piperidine rings is 1. The van der Waals surface area contributed by atoms with Crippen LogP contribution in [-0.4, -0.2) is 41.8 Å². The van der Waals surface area contributed by atoms with Gasteiger partial charge >= 0.3 is 5.97 Å². The molecule has 1 aliphatic rings. The minimum atomic E-state index is -0.555. The number of nitriles is 1. The minimum absolute atomic E-state index is 0.0427. The molecule has 4 rings (SSSR count). The molecule has 39 heavy (non-hydrogen) atoms. The van der Waals surface area contributed by atoms with E-state index in [-0.39, 0.29) is 30.3 Å². The van der Waals surface area contributed by atoms with Gasteiger partial charge in [0, 0.05) is 31.1 Å². The molecule has 0 spiro atoms. The highest BCUT2D eigenvalue weighted by atomic mass is 16.5. The Morgan fingerprint density at radius 3 is 2.18 bits per heavy atom. The molecule has 7 heteroatoms. The van der Waals surface area contributed by atoms with Crippen LogP contribution in [0.15, 0.2) is 84.9 Å². The van der Waals surface area contributed by atoms with Crippen LogP contribution in [0.2, 0.25) is 0 Å². The van der Waals surface area contributed by atoms with E-state index in [4.69, 9.17) is 10.00 Å². The SMILES string of the molecule is C[C@@H](NC(=O)c1ccc(C#N)cc1)C(C(=O)N1CCC(CC(=O)OCc2ccccc2)CC1)c1ccccc1. The van der Waals surface area contributed by atoms with E-state index >= 15 is 0 Å². The smallest absolute Gasteiger partial charge is 0.306 e. The van der Waals surface area contributed by atoms with Gasteiger partial charge in [-0.3, -0.25) is 14.4 Å². The highest BCUT2D eigenvalue weighted by Crippen LogP contribution is 2.27. The van der Waals surface area contributed by atoms with E-state index in [1.165, 1.54) is 0 Å². The van der Waals surface area contributed by atoms with Crippen LogP contribution in [0.1, 0.15) is 59.2 Å². The number of carbonyl (C=O) groups is 3. The van der Waals surface area contributed by atoms with Crippen LogP contribution in [0.25, 0.3) is 0 Å². The molecule has 0 bridgehead atoms. The minimum Gasteiger partial charge on any atom is -0.461 e. The number of nitrogens with zero attached hydrogens (tertiary/aromatic N) is 2. The molecule has 0 aliphatic carbocycles. The zero-order valence-electron chi connectivity index (χ0n) is 22.1. The van der Waals surface area contributed by atoms with E-state index in [1.807, 2.05) is 78.6 Å². The molecule has 1 unspecified atom stereocenters. The van der Waals surface area contributed by atoms with Crippen molar-refractivity contribution in [2.45, 2.75) is 44.8 Å². The maximum Gasteiger partial charge on any atom is 0.306 e. The summed E-state index contributed by atoms with van der Waals surface area (Å²) < 4.78 is 5.44. The molecule has 7 nitrogen and oxygen atoms in total. The van der Waals surface area contributed by atoms with Crippen molar-refractivity contribution >= 4 is 17.8 Å². The van der Waals surface area contributed by atoms with Gasteiger partial charge in [0.05, 0.1) is 17.6 Å². The average Bonchev–Trinajstić information content (AvgIpc) is 2.97. The molecule has 1 fully saturated rings. The van der Waals surface area contributed by atoms with Crippen molar-refractivity contribution in [3.63, 3.8) is 0 Å². The molecule has 3 aromatic carbocycles. The highest BCUT2D eigenvalue weighted by Gasteiger charge is 2.34. The first kappa shape index (κ1) is 27.6. The summed E-state index contributed by atoms with van der Waals surface area (Å²) in [6, 6.07) is 27.1. The Bertz CT molecular complexity index is 1290. The molecule has 200 valence electrons. The zero-order valence-corrected chi connectivity index (χ0v) is 22.1. The van der Waals surface area contributed by atoms with Crippen LogP contribution in [0.4, 0.5) is 0 Å². The molecule has 1 heterocycles. The zero-order chi connectivity index (χ0) is 27.6. The second-order valence-corrected chi connectivity index (χ2v) is 9.96. The monoisotopic (exact) mass is 523 g/mol. The number of amides is 2. The van der Waals surface area contributed by atoms with Crippen LogP contribution in [-0.2, 0) is 20.9 Å². The summed E-state index contributed by atoms with van der Waals surface area (Å²) in [7, 11) is 0. The first-order valence-electron chi connectivity index (χ1n) is 13.3. The third-order valence-corrected chi connectivity index (χ3v) is 7.18. The first-order valence-corrected chi connectivity index (χ1v) is 13.3. The van der Waals surface area contributed by atoms with Crippen LogP contribution in [0.3, 0.4) is 0 Å². The van der Waals surface area contributed by atoms with E-state index in [0.717, 1.165) is 24.0 Å². The van der Waals surface area contributed by atoms with Gasteiger partial charge < -0.3 is 15.0 Å². The molecular weight excluding hydrogens is 490 g/mol. The quantitative estimate of drug-likeness (QED) is 0.405. The summed E-state index contributed by atoms with van der Waals surface area (Å²) in [6.45, 7) is 3.21. The fourth-order valence-electron chi connectivity index (χ4n) is 4.96. The van der Waals surface area contributed by atoms with E-state index in [0.29, 0.717) is 30.6 Å². The van der Waals surface area contributed by atoms with Crippen LogP contribution < -0.4 is 5.32 Å². The van der Waals surface area contributed by atoms with Crippen LogP contribution in [0.5, 0.6) is 0 Å². The Balaban J connectivity index is 1.35. The van der Waals surface area contributed by atoms with E-state index in [1.54, 1.807) is 24.3 Å². The largest absolute Gasteiger partial charge is 0.461 e. The Kier molecular flexibility index (Phi) is 9.47. The predicted molar refractivity (Wildman–Crippen MR) is 147 cm³/mol. The van der Waals surface area contributed by atoms with Gasteiger partial charge in [-0.15, -0.1) is 0 Å². The fourth-order valence-corrected chi connectivity index (χ4v) is 4.96. The predicted octanol–water partition coefficient (Wildman–Crippen LogP) is 4.83. The molecule has 0 saturated carbocycles. The van der Waals surface area contributed by atoms with Crippen molar-refractivity contribution in [1.29, 1.82) is 5.26 Å². The molecular formula is C32H33N3O4. The normalized spacial score (nSPS) is 15.0. The lowest BCUT2D eigenvalue weighted by Crippen LogP contribution is -2.47. The van der Waals surface area contributed by atoms with Gasteiger partial charge in [0.1, 0.15) is 6.61 Å². The van der Waals surface area contributed by atoms with E-state index in [2.05, 4.69) is 5.32 Å². The number of nitrogens with one attached hydrogen (secondary N) is 1. The van der Waals surface area contributed by atoms with Crippen LogP contribution in [0, 0.1) is 17.2 Å². The first-order chi connectivity index (χ1) is 18.9. The molecule has 1 aliphatic heterocycles. The van der Waals surface area contributed by atoms with Gasteiger partial charge in [0.2, 0.25) is 5.91 Å². The number of hydrogen-bond donors (Lipinski definition) is 1. The maximum absolute atomic E-state index is 13.8. The number of rotatable bonds is 9. The lowest BCUT2D eigenvalue weighted by Gasteiger charge is -2.36. The van der Waals surface area contributed by atoms with Crippen molar-refractivity contribution in [3.05, 3.63) is 107 Å². The second kappa shape index (κ2) is 13.4. The van der Waals surface area contributed by atoms with E-state index < -0.39 is 12.0 Å². The Morgan fingerprint density at radius 2 is 1.56 bits per heavy atom. The van der Waals surface area contributed by atoms with Gasteiger partial charge in [-0.1, -0.05) is 60.7 Å². The molecule has 3 aromatic rings. The summed E-state index contributed by atoms with van der Waals surface area (Å²) in [6.07, 6.45) is 1.79. The summed E-state index contributed by atoms with van der Waals surface area (Å²) in [5.41, 5.74) is 2.70. The van der Waals surface area contributed by atoms with Crippen molar-refractivity contribution in [1.82, 2.24) is 10.2 Å². The number of ether oxygens (including phenoxy) is 1. The average molecular weight is 524 g/mol. The lowest BCUT2D eigenvalue weighted by molar-refractivity contribution is -0.146. The highest BCUT2D eigenvalue weighted by molar-refractivity contribution is 5.95. The molecule has 0 radical (unpaired) electrons. The summed E-state index contributed by atoms with van der Waals surface area (Å²) in [4.78, 5) is 40.9. The number of esters is 1. The lowest BCUT2D eigenvalue weighted by atomic mass is 9.88. The summed E-state index contributed by atoms with van der Waals surface area (Å²) in [5.74, 6) is -0.945. The van der Waals surface area contributed by atoms with Crippen molar-refractivity contribution in [2.24, 2.45) is 5.92 Å². The Hall–Kier alpha value is -4.44. The van der Waals surface area contributed by atoms with Gasteiger partial charge in [-0.05, 0) is 61.1 Å². The van der Waals surface area contributed by atoms with Crippen molar-refractivity contribution in [2.75, 3.05) is 13.1 Å².